The molecule has 5 nitrogen and oxygen atoms in total. The number of hydrogen-bond acceptors (Lipinski definition) is 3. The van der Waals surface area contributed by atoms with E-state index in [2.05, 4.69) is 5.10 Å². The Labute approximate surface area is 70.3 Å². The minimum Gasteiger partial charge on any atom is -0.370 e. The second-order valence-corrected chi connectivity index (χ2v) is 2.69. The Hall–Kier alpha value is -1.36. The van der Waals surface area contributed by atoms with Crippen LogP contribution in [0.4, 0.5) is 0 Å². The van der Waals surface area contributed by atoms with E-state index in [1.165, 1.54) is 0 Å². The maximum atomic E-state index is 10.5. The van der Waals surface area contributed by atoms with E-state index >= 15 is 0 Å². The number of nitrogens with two attached hydrogens (primary N) is 2. The van der Waals surface area contributed by atoms with Crippen LogP contribution in [-0.4, -0.2) is 15.7 Å². The number of hydrogen-bond donors (Lipinski definition) is 2. The second kappa shape index (κ2) is 3.36. The van der Waals surface area contributed by atoms with Crippen LogP contribution < -0.4 is 11.5 Å². The molecule has 1 heterocycles. The summed E-state index contributed by atoms with van der Waals surface area (Å²) in [5.41, 5.74) is 11.3. The number of primary amides is 1. The Kier molecular flexibility index (Phi) is 2.44. The lowest BCUT2D eigenvalue weighted by atomic mass is 10.1. The highest BCUT2D eigenvalue weighted by Crippen LogP contribution is 2.09. The summed E-state index contributed by atoms with van der Waals surface area (Å²) in [4.78, 5) is 10.5. The fourth-order valence-electron chi connectivity index (χ4n) is 0.952. The van der Waals surface area contributed by atoms with Gasteiger partial charge in [0.1, 0.15) is 0 Å². The topological polar surface area (TPSA) is 86.9 Å². The van der Waals surface area contributed by atoms with E-state index in [1.54, 1.807) is 24.0 Å². The quantitative estimate of drug-likeness (QED) is 0.625. The summed E-state index contributed by atoms with van der Waals surface area (Å²) in [6, 6.07) is 1.39. The third-order valence-corrected chi connectivity index (χ3v) is 1.54. The van der Waals surface area contributed by atoms with Crippen LogP contribution in [0.5, 0.6) is 0 Å². The average molecular weight is 168 g/mol. The van der Waals surface area contributed by atoms with Crippen molar-refractivity contribution in [1.29, 1.82) is 0 Å². The maximum absolute atomic E-state index is 10.5. The molecule has 5 heteroatoms. The van der Waals surface area contributed by atoms with Gasteiger partial charge in [0.25, 0.3) is 0 Å². The number of aryl methyl sites for hydroxylation is 1. The molecule has 0 spiro atoms. The normalized spacial score (nSPS) is 12.8. The van der Waals surface area contributed by atoms with Crippen LogP contribution in [0, 0.1) is 0 Å². The number of rotatable bonds is 3. The Morgan fingerprint density at radius 3 is 2.92 bits per heavy atom. The maximum Gasteiger partial charge on any atom is 0.219 e. The Balaban J connectivity index is 2.64. The van der Waals surface area contributed by atoms with Gasteiger partial charge in [-0.1, -0.05) is 0 Å². The molecule has 12 heavy (non-hydrogen) atoms. The molecule has 0 aliphatic heterocycles. The first-order valence-electron chi connectivity index (χ1n) is 3.63. The van der Waals surface area contributed by atoms with Crippen molar-refractivity contribution in [3.63, 3.8) is 0 Å². The predicted octanol–water partition coefficient (Wildman–Crippen LogP) is -0.705. The number of carbonyl (C=O) groups excluding carboxylic acids is 1. The Bertz CT molecular complexity index is 281. The van der Waals surface area contributed by atoms with E-state index in [9.17, 15) is 4.79 Å². The van der Waals surface area contributed by atoms with Crippen LogP contribution in [0.25, 0.3) is 0 Å². The first-order valence-corrected chi connectivity index (χ1v) is 3.63. The van der Waals surface area contributed by atoms with Crippen molar-refractivity contribution >= 4 is 5.91 Å². The minimum absolute atomic E-state index is 0.136. The minimum atomic E-state index is -0.409. The molecule has 0 saturated heterocycles. The average Bonchev–Trinajstić information content (AvgIpc) is 2.34. The third-order valence-electron chi connectivity index (χ3n) is 1.54. The van der Waals surface area contributed by atoms with Crippen molar-refractivity contribution in [2.75, 3.05) is 0 Å². The van der Waals surface area contributed by atoms with Crippen molar-refractivity contribution in [1.82, 2.24) is 9.78 Å². The van der Waals surface area contributed by atoms with Gasteiger partial charge in [-0.3, -0.25) is 9.48 Å². The van der Waals surface area contributed by atoms with E-state index in [0.29, 0.717) is 5.69 Å². The molecule has 0 aliphatic carbocycles. The lowest BCUT2D eigenvalue weighted by Gasteiger charge is -2.04. The zero-order chi connectivity index (χ0) is 9.14. The van der Waals surface area contributed by atoms with Gasteiger partial charge in [0.05, 0.1) is 11.7 Å². The molecule has 1 aromatic rings. The van der Waals surface area contributed by atoms with Crippen molar-refractivity contribution in [3.05, 3.63) is 18.0 Å². The van der Waals surface area contributed by atoms with Crippen LogP contribution >= 0.6 is 0 Å². The van der Waals surface area contributed by atoms with Gasteiger partial charge in [-0.15, -0.1) is 0 Å². The van der Waals surface area contributed by atoms with Crippen molar-refractivity contribution in [2.45, 2.75) is 12.5 Å². The summed E-state index contributed by atoms with van der Waals surface area (Å²) in [5, 5.41) is 4.05. The molecule has 0 radical (unpaired) electrons. The van der Waals surface area contributed by atoms with Gasteiger partial charge in [0.2, 0.25) is 5.91 Å². The summed E-state index contributed by atoms with van der Waals surface area (Å²) >= 11 is 0. The molecule has 1 amide bonds. The van der Waals surface area contributed by atoms with Crippen molar-refractivity contribution in [3.8, 4) is 0 Å². The molecule has 0 fully saturated rings. The van der Waals surface area contributed by atoms with Gasteiger partial charge in [-0.05, 0) is 6.07 Å². The van der Waals surface area contributed by atoms with Gasteiger partial charge in [0, 0.05) is 19.7 Å². The monoisotopic (exact) mass is 168 g/mol. The van der Waals surface area contributed by atoms with Crippen LogP contribution in [0.1, 0.15) is 18.2 Å². The van der Waals surface area contributed by atoms with Crippen molar-refractivity contribution < 1.29 is 4.79 Å². The molecule has 4 N–H and O–H groups in total. The molecule has 0 bridgehead atoms. The van der Waals surface area contributed by atoms with E-state index in [-0.39, 0.29) is 12.5 Å². The van der Waals surface area contributed by atoms with E-state index in [0.717, 1.165) is 0 Å². The SMILES string of the molecule is Cn1ccc([C@H](N)CC(N)=O)n1. The number of aromatic nitrogens is 2. The van der Waals surface area contributed by atoms with Gasteiger partial charge >= 0.3 is 0 Å². The highest BCUT2D eigenvalue weighted by Gasteiger charge is 2.10. The Morgan fingerprint density at radius 1 is 1.83 bits per heavy atom. The summed E-state index contributed by atoms with van der Waals surface area (Å²) < 4.78 is 1.64. The number of nitrogens with zero attached hydrogens (tertiary/aromatic N) is 2. The number of amides is 1. The summed E-state index contributed by atoms with van der Waals surface area (Å²) in [7, 11) is 1.79. The molecular weight excluding hydrogens is 156 g/mol. The lowest BCUT2D eigenvalue weighted by Crippen LogP contribution is -2.21. The zero-order valence-corrected chi connectivity index (χ0v) is 6.90. The molecule has 1 atom stereocenters. The zero-order valence-electron chi connectivity index (χ0n) is 6.90. The fraction of sp³-hybridized carbons (Fsp3) is 0.429. The largest absolute Gasteiger partial charge is 0.370 e. The molecule has 0 unspecified atom stereocenters. The first-order chi connectivity index (χ1) is 5.59. The molecular formula is C7H12N4O. The molecule has 66 valence electrons. The van der Waals surface area contributed by atoms with Crippen LogP contribution in [-0.2, 0) is 11.8 Å². The van der Waals surface area contributed by atoms with Gasteiger partial charge < -0.3 is 11.5 Å². The number of carbonyl (C=O) groups is 1. The highest BCUT2D eigenvalue weighted by molar-refractivity contribution is 5.74. The van der Waals surface area contributed by atoms with Gasteiger partial charge in [0.15, 0.2) is 0 Å². The first kappa shape index (κ1) is 8.73. The fourth-order valence-corrected chi connectivity index (χ4v) is 0.952. The smallest absolute Gasteiger partial charge is 0.219 e. The van der Waals surface area contributed by atoms with Crippen LogP contribution in [0.15, 0.2) is 12.3 Å². The van der Waals surface area contributed by atoms with E-state index in [4.69, 9.17) is 11.5 Å². The summed E-state index contributed by atoms with van der Waals surface area (Å²) in [6.07, 6.45) is 1.91. The Morgan fingerprint density at radius 2 is 2.50 bits per heavy atom. The summed E-state index contributed by atoms with van der Waals surface area (Å²) in [6.45, 7) is 0. The molecule has 0 aromatic carbocycles. The van der Waals surface area contributed by atoms with Crippen molar-refractivity contribution in [2.24, 2.45) is 18.5 Å². The van der Waals surface area contributed by atoms with Crippen LogP contribution in [0.3, 0.4) is 0 Å². The van der Waals surface area contributed by atoms with Gasteiger partial charge in [-0.2, -0.15) is 5.10 Å². The van der Waals surface area contributed by atoms with Crippen LogP contribution in [0.2, 0.25) is 0 Å². The molecule has 1 rings (SSSR count). The highest BCUT2D eigenvalue weighted by atomic mass is 16.1. The molecule has 0 saturated carbocycles. The standard InChI is InChI=1S/C7H12N4O/c1-11-3-2-6(10-11)5(8)4-7(9)12/h2-3,5H,4,8H2,1H3,(H2,9,12)/t5-/m1/s1. The predicted molar refractivity (Wildman–Crippen MR) is 43.9 cm³/mol. The second-order valence-electron chi connectivity index (χ2n) is 2.69. The summed E-state index contributed by atoms with van der Waals surface area (Å²) in [5.74, 6) is -0.409. The van der Waals surface area contributed by atoms with E-state index in [1.807, 2.05) is 0 Å². The lowest BCUT2D eigenvalue weighted by molar-refractivity contribution is -0.118. The third kappa shape index (κ3) is 2.06. The van der Waals surface area contributed by atoms with Gasteiger partial charge in [-0.25, -0.2) is 0 Å². The molecule has 0 aliphatic rings. The molecule has 1 aromatic heterocycles. The van der Waals surface area contributed by atoms with E-state index < -0.39 is 5.91 Å².